The van der Waals surface area contributed by atoms with E-state index in [0.29, 0.717) is 5.75 Å². The Balaban J connectivity index is 1.69. The van der Waals surface area contributed by atoms with Crippen LogP contribution in [-0.4, -0.2) is 46.6 Å². The molecule has 154 valence electrons. The van der Waals surface area contributed by atoms with Crippen LogP contribution in [-0.2, 0) is 15.9 Å². The minimum Gasteiger partial charge on any atom is -0.493 e. The van der Waals surface area contributed by atoms with Gasteiger partial charge in [-0.15, -0.1) is 0 Å². The number of rotatable bonds is 3. The summed E-state index contributed by atoms with van der Waals surface area (Å²) in [6.45, 7) is 1.10. The van der Waals surface area contributed by atoms with Gasteiger partial charge in [0.15, 0.2) is 29.3 Å². The van der Waals surface area contributed by atoms with Crippen LogP contribution in [0.5, 0.6) is 23.0 Å². The SMILES string of the molecule is COc1cc2c(cc1OC)[C@@H]1O[C@@H](OC)c3c(ccc4c3OCO4)[C@H]1N(C)CC2. The third-order valence-electron chi connectivity index (χ3n) is 6.10. The van der Waals surface area contributed by atoms with Gasteiger partial charge in [0.2, 0.25) is 6.79 Å². The topological polar surface area (TPSA) is 58.6 Å². The summed E-state index contributed by atoms with van der Waals surface area (Å²) in [7, 11) is 7.09. The van der Waals surface area contributed by atoms with Gasteiger partial charge >= 0.3 is 0 Å². The number of benzene rings is 2. The summed E-state index contributed by atoms with van der Waals surface area (Å²) in [6.07, 6.45) is 0.130. The smallest absolute Gasteiger partial charge is 0.231 e. The Morgan fingerprint density at radius 3 is 2.55 bits per heavy atom. The Morgan fingerprint density at radius 1 is 1.00 bits per heavy atom. The van der Waals surface area contributed by atoms with E-state index in [4.69, 9.17) is 28.4 Å². The number of nitrogens with zero attached hydrogens (tertiary/aromatic N) is 1. The molecule has 0 bridgehead atoms. The Morgan fingerprint density at radius 2 is 1.79 bits per heavy atom. The molecule has 0 aromatic heterocycles. The monoisotopic (exact) mass is 399 g/mol. The Hall–Kier alpha value is -2.48. The lowest BCUT2D eigenvalue weighted by atomic mass is 9.87. The molecule has 3 atom stereocenters. The number of fused-ring (bicyclic) bond motifs is 7. The Labute approximate surface area is 170 Å². The molecule has 2 aromatic carbocycles. The molecule has 0 saturated heterocycles. The molecule has 0 unspecified atom stereocenters. The van der Waals surface area contributed by atoms with E-state index in [2.05, 4.69) is 24.1 Å². The fourth-order valence-corrected chi connectivity index (χ4v) is 4.69. The molecular formula is C22H25NO6. The minimum absolute atomic E-state index is 0.0188. The van der Waals surface area contributed by atoms with E-state index < -0.39 is 6.29 Å². The standard InChI is InChI=1S/C22H25NO6/c1-23-8-7-12-9-16(24-2)17(25-3)10-14(12)20-19(23)13-5-6-15-21(28-11-27-15)18(13)22(26-4)29-20/h5-6,9-10,19-20,22H,7-8,11H2,1-4H3/t19-,20+,22-/m1/s1. The summed E-state index contributed by atoms with van der Waals surface area (Å²) in [4.78, 5) is 2.33. The van der Waals surface area contributed by atoms with Gasteiger partial charge in [-0.3, -0.25) is 4.90 Å². The van der Waals surface area contributed by atoms with Gasteiger partial charge in [0.25, 0.3) is 0 Å². The maximum absolute atomic E-state index is 6.55. The first-order valence-corrected chi connectivity index (χ1v) is 9.72. The van der Waals surface area contributed by atoms with Crippen LogP contribution in [0.1, 0.15) is 40.7 Å². The van der Waals surface area contributed by atoms with Crippen molar-refractivity contribution >= 4 is 0 Å². The lowest BCUT2D eigenvalue weighted by Crippen LogP contribution is -2.35. The van der Waals surface area contributed by atoms with Crippen molar-refractivity contribution in [2.24, 2.45) is 0 Å². The zero-order chi connectivity index (χ0) is 20.1. The summed E-state index contributed by atoms with van der Waals surface area (Å²) >= 11 is 0. The average Bonchev–Trinajstić information content (AvgIpc) is 3.19. The summed E-state index contributed by atoms with van der Waals surface area (Å²) in [6, 6.07) is 8.20. The van der Waals surface area contributed by atoms with Gasteiger partial charge in [-0.25, -0.2) is 0 Å². The molecule has 29 heavy (non-hydrogen) atoms. The predicted molar refractivity (Wildman–Crippen MR) is 105 cm³/mol. The van der Waals surface area contributed by atoms with E-state index in [1.54, 1.807) is 21.3 Å². The molecule has 0 radical (unpaired) electrons. The van der Waals surface area contributed by atoms with Crippen LogP contribution in [0.3, 0.4) is 0 Å². The third kappa shape index (κ3) is 2.76. The van der Waals surface area contributed by atoms with Gasteiger partial charge in [0, 0.05) is 13.7 Å². The normalized spacial score (nSPS) is 24.9. The minimum atomic E-state index is -0.546. The predicted octanol–water partition coefficient (Wildman–Crippen LogP) is 3.38. The van der Waals surface area contributed by atoms with Crippen LogP contribution < -0.4 is 18.9 Å². The van der Waals surface area contributed by atoms with Crippen molar-refractivity contribution in [3.05, 3.63) is 46.5 Å². The van der Waals surface area contributed by atoms with E-state index >= 15 is 0 Å². The van der Waals surface area contributed by atoms with Crippen molar-refractivity contribution in [3.8, 4) is 23.0 Å². The van der Waals surface area contributed by atoms with Gasteiger partial charge in [0.05, 0.1) is 25.8 Å². The largest absolute Gasteiger partial charge is 0.493 e. The fourth-order valence-electron chi connectivity index (χ4n) is 4.69. The molecule has 0 N–H and O–H groups in total. The molecule has 3 aliphatic heterocycles. The summed E-state index contributed by atoms with van der Waals surface area (Å²) in [5.41, 5.74) is 4.35. The van der Waals surface area contributed by atoms with Gasteiger partial charge in [-0.2, -0.15) is 0 Å². The van der Waals surface area contributed by atoms with Crippen molar-refractivity contribution in [1.82, 2.24) is 4.90 Å². The van der Waals surface area contributed by atoms with Gasteiger partial charge in [0.1, 0.15) is 6.10 Å². The van der Waals surface area contributed by atoms with Crippen molar-refractivity contribution in [1.29, 1.82) is 0 Å². The number of likely N-dealkylation sites (N-methyl/N-ethyl adjacent to an activating group) is 1. The Kier molecular flexibility index (Phi) is 4.53. The van der Waals surface area contributed by atoms with E-state index in [1.807, 2.05) is 12.1 Å². The van der Waals surface area contributed by atoms with Gasteiger partial charge < -0.3 is 28.4 Å². The quantitative estimate of drug-likeness (QED) is 0.784. The van der Waals surface area contributed by atoms with Crippen molar-refractivity contribution < 1.29 is 28.4 Å². The van der Waals surface area contributed by atoms with Gasteiger partial charge in [-0.1, -0.05) is 6.07 Å². The zero-order valence-electron chi connectivity index (χ0n) is 17.1. The lowest BCUT2D eigenvalue weighted by Gasteiger charge is -2.41. The first-order valence-electron chi connectivity index (χ1n) is 9.72. The van der Waals surface area contributed by atoms with Crippen LogP contribution in [0.15, 0.2) is 24.3 Å². The zero-order valence-corrected chi connectivity index (χ0v) is 17.1. The van der Waals surface area contributed by atoms with Crippen molar-refractivity contribution in [3.63, 3.8) is 0 Å². The second kappa shape index (κ2) is 7.09. The van der Waals surface area contributed by atoms with E-state index in [-0.39, 0.29) is 18.9 Å². The number of hydrogen-bond acceptors (Lipinski definition) is 7. The molecule has 0 saturated carbocycles. The molecule has 0 spiro atoms. The highest BCUT2D eigenvalue weighted by Gasteiger charge is 2.44. The molecular weight excluding hydrogens is 374 g/mol. The first kappa shape index (κ1) is 18.5. The molecule has 7 heteroatoms. The molecule has 3 heterocycles. The maximum Gasteiger partial charge on any atom is 0.231 e. The van der Waals surface area contributed by atoms with Crippen LogP contribution in [0, 0.1) is 0 Å². The van der Waals surface area contributed by atoms with E-state index in [1.165, 1.54) is 5.56 Å². The average molecular weight is 399 g/mol. The number of methoxy groups -OCH3 is 3. The third-order valence-corrected chi connectivity index (χ3v) is 6.10. The van der Waals surface area contributed by atoms with Crippen molar-refractivity contribution in [2.75, 3.05) is 41.7 Å². The molecule has 5 rings (SSSR count). The summed E-state index contributed by atoms with van der Waals surface area (Å²) in [5.74, 6) is 2.88. The highest BCUT2D eigenvalue weighted by atomic mass is 16.7. The van der Waals surface area contributed by atoms with Gasteiger partial charge in [-0.05, 0) is 48.4 Å². The fraction of sp³-hybridized carbons (Fsp3) is 0.455. The van der Waals surface area contributed by atoms with Crippen LogP contribution in [0.25, 0.3) is 0 Å². The van der Waals surface area contributed by atoms with E-state index in [0.717, 1.165) is 46.9 Å². The maximum atomic E-state index is 6.55. The first-order chi connectivity index (χ1) is 14.2. The molecule has 0 aliphatic carbocycles. The molecule has 7 nitrogen and oxygen atoms in total. The lowest BCUT2D eigenvalue weighted by molar-refractivity contribution is -0.190. The highest BCUT2D eigenvalue weighted by molar-refractivity contribution is 5.56. The number of ether oxygens (including phenoxy) is 6. The number of hydrogen-bond donors (Lipinski definition) is 0. The molecule has 3 aliphatic rings. The Bertz CT molecular complexity index is 945. The summed E-state index contributed by atoms with van der Waals surface area (Å²) < 4.78 is 34.7. The second-order valence-corrected chi connectivity index (χ2v) is 7.51. The van der Waals surface area contributed by atoms with Crippen LogP contribution in [0.4, 0.5) is 0 Å². The van der Waals surface area contributed by atoms with E-state index in [9.17, 15) is 0 Å². The highest BCUT2D eigenvalue weighted by Crippen LogP contribution is 2.55. The van der Waals surface area contributed by atoms with Crippen LogP contribution >= 0.6 is 0 Å². The second-order valence-electron chi connectivity index (χ2n) is 7.51. The molecule has 2 aromatic rings. The molecule has 0 fully saturated rings. The van der Waals surface area contributed by atoms with Crippen LogP contribution in [0.2, 0.25) is 0 Å². The molecule has 0 amide bonds. The van der Waals surface area contributed by atoms with Crippen molar-refractivity contribution in [2.45, 2.75) is 24.9 Å². The summed E-state index contributed by atoms with van der Waals surface area (Å²) in [5, 5.41) is 0.